The number of esters is 2. The number of nitro benzene ring substituents is 1. The van der Waals surface area contributed by atoms with Crippen molar-refractivity contribution in [1.82, 2.24) is 15.1 Å². The maximum Gasteiger partial charge on any atom is 0.337 e. The van der Waals surface area contributed by atoms with Gasteiger partial charge in [0, 0.05) is 40.9 Å². The fourth-order valence-electron chi connectivity index (χ4n) is 5.72. The Bertz CT molecular complexity index is 1940. The molecule has 1 aromatic heterocycles. The Labute approximate surface area is 277 Å². The van der Waals surface area contributed by atoms with Crippen molar-refractivity contribution in [2.24, 2.45) is 0 Å². The van der Waals surface area contributed by atoms with Gasteiger partial charge >= 0.3 is 11.9 Å². The van der Waals surface area contributed by atoms with Gasteiger partial charge in [0.15, 0.2) is 0 Å². The first-order valence-electron chi connectivity index (χ1n) is 15.3. The van der Waals surface area contributed by atoms with Gasteiger partial charge < -0.3 is 14.8 Å². The van der Waals surface area contributed by atoms with Crippen LogP contribution in [0.1, 0.15) is 36.5 Å². The molecule has 0 amide bonds. The van der Waals surface area contributed by atoms with Crippen LogP contribution >= 0.6 is 0 Å². The van der Waals surface area contributed by atoms with Crippen molar-refractivity contribution in [2.45, 2.75) is 33.0 Å². The maximum absolute atomic E-state index is 14.1. The summed E-state index contributed by atoms with van der Waals surface area (Å²) in [5.74, 6) is -2.19. The van der Waals surface area contributed by atoms with Crippen molar-refractivity contribution >= 4 is 17.6 Å². The van der Waals surface area contributed by atoms with Crippen molar-refractivity contribution in [2.75, 3.05) is 0 Å². The van der Waals surface area contributed by atoms with E-state index >= 15 is 0 Å². The second-order valence-electron chi connectivity index (χ2n) is 11.3. The number of nitrogens with one attached hydrogen (secondary N) is 1. The summed E-state index contributed by atoms with van der Waals surface area (Å²) in [5, 5.41) is 19.6. The predicted molar refractivity (Wildman–Crippen MR) is 179 cm³/mol. The van der Waals surface area contributed by atoms with Crippen LogP contribution in [0.5, 0.6) is 0 Å². The topological polar surface area (TPSA) is 126 Å². The fourth-order valence-corrected chi connectivity index (χ4v) is 5.72. The Hall–Kier alpha value is -6.29. The minimum Gasteiger partial charge on any atom is -0.457 e. The molecule has 0 saturated carbocycles. The van der Waals surface area contributed by atoms with Gasteiger partial charge in [-0.15, -0.1) is 0 Å². The molecule has 10 heteroatoms. The van der Waals surface area contributed by atoms with Gasteiger partial charge in [-0.25, -0.2) is 14.3 Å². The first-order chi connectivity index (χ1) is 23.3. The zero-order chi connectivity index (χ0) is 33.6. The van der Waals surface area contributed by atoms with Gasteiger partial charge in [0.2, 0.25) is 0 Å². The lowest BCUT2D eigenvalue weighted by Gasteiger charge is -2.30. The van der Waals surface area contributed by atoms with Crippen LogP contribution in [-0.4, -0.2) is 26.6 Å². The van der Waals surface area contributed by atoms with E-state index in [1.54, 1.807) is 36.9 Å². The number of non-ortho nitro benzene ring substituents is 1. The van der Waals surface area contributed by atoms with Gasteiger partial charge in [-0.1, -0.05) is 78.9 Å². The molecule has 5 aromatic rings. The van der Waals surface area contributed by atoms with E-state index in [1.807, 2.05) is 91.0 Å². The van der Waals surface area contributed by atoms with Crippen LogP contribution in [-0.2, 0) is 32.3 Å². The molecule has 48 heavy (non-hydrogen) atoms. The highest BCUT2D eigenvalue weighted by Crippen LogP contribution is 2.43. The van der Waals surface area contributed by atoms with E-state index in [0.29, 0.717) is 28.2 Å². The van der Waals surface area contributed by atoms with Crippen molar-refractivity contribution in [3.05, 3.63) is 171 Å². The number of rotatable bonds is 10. The number of nitrogens with zero attached hydrogens (tertiary/aromatic N) is 3. The number of nitro groups is 1. The first-order valence-corrected chi connectivity index (χ1v) is 15.3. The molecule has 1 aliphatic heterocycles. The maximum atomic E-state index is 14.1. The molecule has 1 aliphatic rings. The zero-order valence-corrected chi connectivity index (χ0v) is 26.3. The number of hydrogen-bond acceptors (Lipinski definition) is 8. The molecule has 1 N–H and O–H groups in total. The third-order valence-electron chi connectivity index (χ3n) is 8.05. The molecule has 0 radical (unpaired) electrons. The molecule has 0 unspecified atom stereocenters. The van der Waals surface area contributed by atoms with Gasteiger partial charge in [-0.05, 0) is 49.2 Å². The lowest BCUT2D eigenvalue weighted by atomic mass is 9.79. The molecule has 10 nitrogen and oxygen atoms in total. The number of carbonyl (C=O) groups excluding carboxylic acids is 2. The Morgan fingerprint density at radius 1 is 0.750 bits per heavy atom. The Morgan fingerprint density at radius 3 is 1.71 bits per heavy atom. The molecule has 0 bridgehead atoms. The standard InChI is InChI=1S/C38H32N4O6/c1-25-33(37(43)47-23-27-12-6-3-7-13-27)35(34(26(2)39-25)38(44)48-24-28-14-8-4-9-15-28)32-22-41(30-16-10-5-11-17-30)40-36(32)29-18-20-31(21-19-29)42(45)46/h3-22,35,39H,23-24H2,1-2H3. The van der Waals surface area contributed by atoms with Crippen LogP contribution in [0.2, 0.25) is 0 Å². The molecule has 0 saturated heterocycles. The number of ether oxygens (including phenoxy) is 2. The highest BCUT2D eigenvalue weighted by atomic mass is 16.6. The number of allylic oxidation sites excluding steroid dienone is 2. The lowest BCUT2D eigenvalue weighted by molar-refractivity contribution is -0.384. The van der Waals surface area contributed by atoms with Crippen molar-refractivity contribution in [1.29, 1.82) is 0 Å². The van der Waals surface area contributed by atoms with Crippen LogP contribution in [0, 0.1) is 10.1 Å². The van der Waals surface area contributed by atoms with E-state index in [4.69, 9.17) is 14.6 Å². The van der Waals surface area contributed by atoms with E-state index in [1.165, 1.54) is 12.1 Å². The van der Waals surface area contributed by atoms with E-state index in [2.05, 4.69) is 5.32 Å². The average molecular weight is 641 g/mol. The van der Waals surface area contributed by atoms with Crippen LogP contribution in [0.3, 0.4) is 0 Å². The Kier molecular flexibility index (Phi) is 9.24. The Balaban J connectivity index is 1.49. The minimum absolute atomic E-state index is 0.0259. The van der Waals surface area contributed by atoms with Crippen LogP contribution in [0.4, 0.5) is 5.69 Å². The number of hydrogen-bond donors (Lipinski definition) is 1. The largest absolute Gasteiger partial charge is 0.457 e. The molecule has 0 spiro atoms. The summed E-state index contributed by atoms with van der Waals surface area (Å²) in [6.45, 7) is 3.57. The Morgan fingerprint density at radius 2 is 1.23 bits per heavy atom. The van der Waals surface area contributed by atoms with Gasteiger partial charge in [0.25, 0.3) is 5.69 Å². The van der Waals surface area contributed by atoms with Crippen molar-refractivity contribution in [3.63, 3.8) is 0 Å². The average Bonchev–Trinajstić information content (AvgIpc) is 3.56. The normalized spacial score (nSPS) is 13.2. The second-order valence-corrected chi connectivity index (χ2v) is 11.3. The van der Waals surface area contributed by atoms with Crippen LogP contribution in [0.25, 0.3) is 16.9 Å². The van der Waals surface area contributed by atoms with E-state index < -0.39 is 22.8 Å². The molecule has 0 fully saturated rings. The highest BCUT2D eigenvalue weighted by Gasteiger charge is 2.40. The third-order valence-corrected chi connectivity index (χ3v) is 8.05. The molecule has 2 heterocycles. The van der Waals surface area contributed by atoms with Gasteiger partial charge in [0.05, 0.1) is 33.4 Å². The summed E-state index contributed by atoms with van der Waals surface area (Å²) < 4.78 is 13.4. The number of aromatic nitrogens is 2. The molecule has 4 aromatic carbocycles. The third kappa shape index (κ3) is 6.78. The monoisotopic (exact) mass is 640 g/mol. The number of dihydropyridines is 1. The highest BCUT2D eigenvalue weighted by molar-refractivity contribution is 6.00. The van der Waals surface area contributed by atoms with Gasteiger partial charge in [-0.3, -0.25) is 10.1 Å². The van der Waals surface area contributed by atoms with E-state index in [9.17, 15) is 19.7 Å². The number of carbonyl (C=O) groups is 2. The molecular weight excluding hydrogens is 608 g/mol. The summed E-state index contributed by atoms with van der Waals surface area (Å²) in [6, 6.07) is 34.0. The fraction of sp³-hybridized carbons (Fsp3) is 0.132. The molecule has 240 valence electrons. The van der Waals surface area contributed by atoms with Crippen molar-refractivity contribution in [3.8, 4) is 16.9 Å². The summed E-state index contributed by atoms with van der Waals surface area (Å²) in [4.78, 5) is 39.1. The van der Waals surface area contributed by atoms with Crippen molar-refractivity contribution < 1.29 is 24.0 Å². The van der Waals surface area contributed by atoms with Gasteiger partial charge in [0.1, 0.15) is 13.2 Å². The molecule has 6 rings (SSSR count). The zero-order valence-electron chi connectivity index (χ0n) is 26.3. The summed E-state index contributed by atoms with van der Waals surface area (Å²) in [5.41, 5.74) is 5.26. The quantitative estimate of drug-likeness (QED) is 0.0968. The minimum atomic E-state index is -0.958. The smallest absolute Gasteiger partial charge is 0.337 e. The van der Waals surface area contributed by atoms with E-state index in [-0.39, 0.29) is 30.0 Å². The van der Waals surface area contributed by atoms with Gasteiger partial charge in [-0.2, -0.15) is 5.10 Å². The predicted octanol–water partition coefficient (Wildman–Crippen LogP) is 7.17. The number of para-hydroxylation sites is 1. The molecule has 0 aliphatic carbocycles. The lowest BCUT2D eigenvalue weighted by Crippen LogP contribution is -2.32. The molecule has 0 atom stereocenters. The van der Waals surface area contributed by atoms with E-state index in [0.717, 1.165) is 16.8 Å². The SMILES string of the molecule is CC1=C(C(=O)OCc2ccccc2)C(c2cn(-c3ccccc3)nc2-c2ccc([N+](=O)[O-])cc2)C(C(=O)OCc2ccccc2)=C(C)N1. The summed E-state index contributed by atoms with van der Waals surface area (Å²) >= 11 is 0. The molecular formula is C38H32N4O6. The summed E-state index contributed by atoms with van der Waals surface area (Å²) in [7, 11) is 0. The second kappa shape index (κ2) is 14.0. The first kappa shape index (κ1) is 31.7. The van der Waals surface area contributed by atoms with Crippen LogP contribution < -0.4 is 5.32 Å². The van der Waals surface area contributed by atoms with Crippen LogP contribution in [0.15, 0.2) is 144 Å². The number of benzene rings is 4. The summed E-state index contributed by atoms with van der Waals surface area (Å²) in [6.07, 6.45) is 1.78.